The fourth-order valence-corrected chi connectivity index (χ4v) is 3.85. The number of amides is 1. The number of piperazine rings is 1. The molecule has 5 nitrogen and oxygen atoms in total. The average molecular weight is 421 g/mol. The van der Waals surface area contributed by atoms with E-state index in [2.05, 4.69) is 11.0 Å². The lowest BCUT2D eigenvalue weighted by Crippen LogP contribution is -3.15. The summed E-state index contributed by atoms with van der Waals surface area (Å²) in [5.74, 6) is -0.101. The van der Waals surface area contributed by atoms with E-state index in [1.807, 2.05) is 25.1 Å². The Morgan fingerprint density at radius 1 is 1.24 bits per heavy atom. The molecule has 2 aromatic rings. The predicted octanol–water partition coefficient (Wildman–Crippen LogP) is 2.24. The maximum Gasteiger partial charge on any atom is 0.278 e. The number of carbonyl (C=O) groups is 1. The Morgan fingerprint density at radius 2 is 2.00 bits per heavy atom. The van der Waals surface area contributed by atoms with Crippen molar-refractivity contribution in [3.8, 4) is 5.75 Å². The molecule has 1 fully saturated rings. The first-order chi connectivity index (χ1) is 14.0. The second-order valence-corrected chi connectivity index (χ2v) is 7.71. The Hall–Kier alpha value is -2.31. The molecule has 1 N–H and O–H groups in total. The molecular formula is C22H28ClFN3O2+. The number of hydrogen-bond acceptors (Lipinski definition) is 3. The summed E-state index contributed by atoms with van der Waals surface area (Å²) in [4.78, 5) is 18.2. The predicted molar refractivity (Wildman–Crippen MR) is 113 cm³/mol. The zero-order valence-electron chi connectivity index (χ0n) is 17.0. The van der Waals surface area contributed by atoms with Gasteiger partial charge in [0.2, 0.25) is 0 Å². The molecule has 3 rings (SSSR count). The maximum absolute atomic E-state index is 13.9. The van der Waals surface area contributed by atoms with E-state index in [-0.39, 0.29) is 11.7 Å². The Labute approximate surface area is 176 Å². The normalized spacial score (nSPS) is 14.7. The summed E-state index contributed by atoms with van der Waals surface area (Å²) in [6.07, 6.45) is 0. The highest BCUT2D eigenvalue weighted by Gasteiger charge is 2.24. The number of ether oxygens (including phenoxy) is 1. The number of quaternary nitrogens is 1. The summed E-state index contributed by atoms with van der Waals surface area (Å²) in [5, 5.41) is 0.737. The second kappa shape index (κ2) is 9.94. The third-order valence-corrected chi connectivity index (χ3v) is 5.60. The van der Waals surface area contributed by atoms with Gasteiger partial charge in [-0.15, -0.1) is 0 Å². The van der Waals surface area contributed by atoms with Crippen molar-refractivity contribution in [1.29, 1.82) is 0 Å². The van der Waals surface area contributed by atoms with Crippen LogP contribution in [-0.2, 0) is 11.3 Å². The van der Waals surface area contributed by atoms with Crippen LogP contribution in [0.4, 0.5) is 10.1 Å². The SMILES string of the molecule is CCN(Cc1ccc(OC)c(F)c1)C(=O)C[NH+]1CCN(c2cccc(Cl)c2)CC1. The molecule has 2 aromatic carbocycles. The number of benzene rings is 2. The van der Waals surface area contributed by atoms with Crippen molar-refractivity contribution >= 4 is 23.2 Å². The van der Waals surface area contributed by atoms with Crippen molar-refractivity contribution in [1.82, 2.24) is 4.90 Å². The minimum Gasteiger partial charge on any atom is -0.494 e. The second-order valence-electron chi connectivity index (χ2n) is 7.27. The van der Waals surface area contributed by atoms with E-state index in [0.717, 1.165) is 42.5 Å². The standard InChI is InChI=1S/C22H27ClFN3O2/c1-3-26(15-17-7-8-21(29-2)20(24)13-17)22(28)16-25-9-11-27(12-10-25)19-6-4-5-18(23)14-19/h4-8,13-14H,3,9-12,15-16H2,1-2H3/p+1. The molecule has 0 unspecified atom stereocenters. The monoisotopic (exact) mass is 420 g/mol. The summed E-state index contributed by atoms with van der Waals surface area (Å²) in [7, 11) is 1.44. The number of rotatable bonds is 7. The first kappa shape index (κ1) is 21.4. The largest absolute Gasteiger partial charge is 0.494 e. The van der Waals surface area contributed by atoms with Gasteiger partial charge in [0.25, 0.3) is 5.91 Å². The molecule has 0 bridgehead atoms. The van der Waals surface area contributed by atoms with Crippen LogP contribution in [-0.4, -0.2) is 57.2 Å². The van der Waals surface area contributed by atoms with Gasteiger partial charge in [0.15, 0.2) is 18.1 Å². The minimum absolute atomic E-state index is 0.0925. The molecule has 29 heavy (non-hydrogen) atoms. The summed E-state index contributed by atoms with van der Waals surface area (Å²) in [6, 6.07) is 12.7. The number of nitrogens with one attached hydrogen (secondary N) is 1. The van der Waals surface area contributed by atoms with Crippen LogP contribution in [0.3, 0.4) is 0 Å². The Bertz CT molecular complexity index is 841. The molecule has 0 radical (unpaired) electrons. The molecule has 0 atom stereocenters. The molecule has 0 spiro atoms. The van der Waals surface area contributed by atoms with Gasteiger partial charge in [0.05, 0.1) is 33.3 Å². The van der Waals surface area contributed by atoms with Gasteiger partial charge < -0.3 is 19.4 Å². The molecule has 1 aliphatic rings. The topological polar surface area (TPSA) is 37.2 Å². The van der Waals surface area contributed by atoms with Crippen molar-refractivity contribution in [2.75, 3.05) is 51.3 Å². The molecule has 7 heteroatoms. The van der Waals surface area contributed by atoms with Crippen LogP contribution in [0.2, 0.25) is 5.02 Å². The Kier molecular flexibility index (Phi) is 7.34. The van der Waals surface area contributed by atoms with Crippen molar-refractivity contribution in [2.45, 2.75) is 13.5 Å². The third-order valence-electron chi connectivity index (χ3n) is 5.37. The van der Waals surface area contributed by atoms with Crippen LogP contribution in [0.15, 0.2) is 42.5 Å². The van der Waals surface area contributed by atoms with Crippen LogP contribution < -0.4 is 14.5 Å². The number of hydrogen-bond donors (Lipinski definition) is 1. The lowest BCUT2D eigenvalue weighted by Gasteiger charge is -2.34. The molecule has 0 saturated carbocycles. The lowest BCUT2D eigenvalue weighted by atomic mass is 10.2. The molecule has 1 amide bonds. The van der Waals surface area contributed by atoms with Gasteiger partial charge in [-0.25, -0.2) is 4.39 Å². The smallest absolute Gasteiger partial charge is 0.278 e. The number of anilines is 1. The fourth-order valence-electron chi connectivity index (χ4n) is 3.66. The van der Waals surface area contributed by atoms with Crippen LogP contribution in [0.5, 0.6) is 5.75 Å². The Balaban J connectivity index is 1.53. The van der Waals surface area contributed by atoms with Crippen molar-refractivity contribution in [3.63, 3.8) is 0 Å². The van der Waals surface area contributed by atoms with Gasteiger partial charge in [-0.1, -0.05) is 23.7 Å². The van der Waals surface area contributed by atoms with Gasteiger partial charge in [-0.2, -0.15) is 0 Å². The molecule has 1 heterocycles. The quantitative estimate of drug-likeness (QED) is 0.746. The molecule has 1 aliphatic heterocycles. The fraction of sp³-hybridized carbons (Fsp3) is 0.409. The van der Waals surface area contributed by atoms with Crippen molar-refractivity contribution in [3.05, 3.63) is 58.9 Å². The highest BCUT2D eigenvalue weighted by molar-refractivity contribution is 6.30. The van der Waals surface area contributed by atoms with Gasteiger partial charge >= 0.3 is 0 Å². The van der Waals surface area contributed by atoms with E-state index < -0.39 is 5.82 Å². The first-order valence-corrected chi connectivity index (χ1v) is 10.3. The van der Waals surface area contributed by atoms with Crippen LogP contribution in [0, 0.1) is 5.82 Å². The zero-order chi connectivity index (χ0) is 20.8. The summed E-state index contributed by atoms with van der Waals surface area (Å²) in [5.41, 5.74) is 1.89. The summed E-state index contributed by atoms with van der Waals surface area (Å²) >= 11 is 6.09. The molecule has 156 valence electrons. The lowest BCUT2D eigenvalue weighted by molar-refractivity contribution is -0.892. The van der Waals surface area contributed by atoms with E-state index in [9.17, 15) is 9.18 Å². The van der Waals surface area contributed by atoms with Crippen molar-refractivity contribution in [2.24, 2.45) is 0 Å². The summed E-state index contributed by atoms with van der Waals surface area (Å²) in [6.45, 7) is 6.96. The van der Waals surface area contributed by atoms with Gasteiger partial charge in [0.1, 0.15) is 0 Å². The minimum atomic E-state index is -0.406. The molecule has 1 saturated heterocycles. The van der Waals surface area contributed by atoms with E-state index >= 15 is 0 Å². The molecule has 0 aliphatic carbocycles. The highest BCUT2D eigenvalue weighted by Crippen LogP contribution is 2.20. The maximum atomic E-state index is 13.9. The van der Waals surface area contributed by atoms with Crippen molar-refractivity contribution < 1.29 is 18.8 Å². The zero-order valence-corrected chi connectivity index (χ0v) is 17.7. The number of carbonyl (C=O) groups excluding carboxylic acids is 1. The third kappa shape index (κ3) is 5.61. The van der Waals surface area contributed by atoms with E-state index in [4.69, 9.17) is 16.3 Å². The van der Waals surface area contributed by atoms with Crippen LogP contribution in [0.1, 0.15) is 12.5 Å². The molecular weight excluding hydrogens is 393 g/mol. The average Bonchev–Trinajstić information content (AvgIpc) is 2.72. The number of halogens is 2. The van der Waals surface area contributed by atoms with E-state index in [1.54, 1.807) is 17.0 Å². The highest BCUT2D eigenvalue weighted by atomic mass is 35.5. The van der Waals surface area contributed by atoms with E-state index in [0.29, 0.717) is 19.6 Å². The number of methoxy groups -OCH3 is 1. The van der Waals surface area contributed by atoms with Gasteiger partial charge in [-0.05, 0) is 42.8 Å². The van der Waals surface area contributed by atoms with Crippen LogP contribution >= 0.6 is 11.6 Å². The van der Waals surface area contributed by atoms with Gasteiger partial charge in [0, 0.05) is 23.8 Å². The Morgan fingerprint density at radius 3 is 2.62 bits per heavy atom. The number of nitrogens with zero attached hydrogens (tertiary/aromatic N) is 2. The van der Waals surface area contributed by atoms with E-state index in [1.165, 1.54) is 18.1 Å². The van der Waals surface area contributed by atoms with Gasteiger partial charge in [-0.3, -0.25) is 4.79 Å². The first-order valence-electron chi connectivity index (χ1n) is 9.94. The molecule has 0 aromatic heterocycles. The van der Waals surface area contributed by atoms with Crippen LogP contribution in [0.25, 0.3) is 0 Å². The summed E-state index contributed by atoms with van der Waals surface area (Å²) < 4.78 is 18.9. The number of likely N-dealkylation sites (N-methyl/N-ethyl adjacent to an activating group) is 1.